The van der Waals surface area contributed by atoms with Gasteiger partial charge in [-0.25, -0.2) is 13.1 Å². The van der Waals surface area contributed by atoms with Crippen LogP contribution in [0.1, 0.15) is 29.9 Å². The first kappa shape index (κ1) is 23.1. The summed E-state index contributed by atoms with van der Waals surface area (Å²) in [5, 5.41) is 1.05. The van der Waals surface area contributed by atoms with Gasteiger partial charge >= 0.3 is 0 Å². The molecule has 5 rings (SSSR count). The van der Waals surface area contributed by atoms with Crippen molar-refractivity contribution in [1.82, 2.24) is 9.71 Å². The van der Waals surface area contributed by atoms with Crippen LogP contribution in [0.25, 0.3) is 10.9 Å². The molecule has 7 nitrogen and oxygen atoms in total. The maximum absolute atomic E-state index is 13.2. The number of ether oxygens (including phenoxy) is 1. The topological polar surface area (TPSA) is 91.5 Å². The summed E-state index contributed by atoms with van der Waals surface area (Å²) in [5.74, 6) is 0.594. The van der Waals surface area contributed by atoms with Crippen molar-refractivity contribution in [2.24, 2.45) is 0 Å². The second-order valence-electron chi connectivity index (χ2n) is 8.61. The minimum absolute atomic E-state index is 0.0693. The fourth-order valence-electron chi connectivity index (χ4n) is 4.63. The summed E-state index contributed by atoms with van der Waals surface area (Å²) in [6.45, 7) is 0.847. The van der Waals surface area contributed by atoms with Gasteiger partial charge < -0.3 is 14.6 Å². The molecule has 3 aromatic carbocycles. The van der Waals surface area contributed by atoms with Crippen LogP contribution < -0.4 is 14.4 Å². The zero-order valence-electron chi connectivity index (χ0n) is 19.4. The van der Waals surface area contributed by atoms with Gasteiger partial charge in [-0.2, -0.15) is 0 Å². The fourth-order valence-corrected chi connectivity index (χ4v) is 5.68. The molecule has 1 aliphatic rings. The number of benzene rings is 3. The Morgan fingerprint density at radius 2 is 1.77 bits per heavy atom. The van der Waals surface area contributed by atoms with Crippen LogP contribution in [0.4, 0.5) is 5.69 Å². The number of aromatic nitrogens is 1. The van der Waals surface area contributed by atoms with Crippen LogP contribution in [0.15, 0.2) is 83.9 Å². The number of hydrogen-bond acceptors (Lipinski definition) is 4. The Morgan fingerprint density at radius 3 is 2.46 bits per heavy atom. The van der Waals surface area contributed by atoms with Gasteiger partial charge in [-0.15, -0.1) is 0 Å². The third kappa shape index (κ3) is 4.67. The Labute approximate surface area is 204 Å². The first-order valence-corrected chi connectivity index (χ1v) is 13.0. The zero-order valence-corrected chi connectivity index (χ0v) is 20.2. The van der Waals surface area contributed by atoms with E-state index in [0.29, 0.717) is 13.0 Å². The highest BCUT2D eigenvalue weighted by atomic mass is 32.2. The lowest BCUT2D eigenvalue weighted by Crippen LogP contribution is -2.29. The molecule has 0 bridgehead atoms. The molecule has 1 atom stereocenters. The lowest BCUT2D eigenvalue weighted by atomic mass is 9.91. The van der Waals surface area contributed by atoms with Crippen LogP contribution in [0.5, 0.6) is 5.75 Å². The highest BCUT2D eigenvalue weighted by Crippen LogP contribution is 2.32. The van der Waals surface area contributed by atoms with Crippen LogP contribution in [0, 0.1) is 0 Å². The summed E-state index contributed by atoms with van der Waals surface area (Å²) in [7, 11) is -2.15. The largest absolute Gasteiger partial charge is 0.497 e. The van der Waals surface area contributed by atoms with Gasteiger partial charge in [0.25, 0.3) is 0 Å². The molecule has 1 amide bonds. The molecule has 8 heteroatoms. The Hall–Kier alpha value is -3.62. The number of fused-ring (bicyclic) bond motifs is 1. The number of nitrogens with zero attached hydrogens (tertiary/aromatic N) is 1. The number of anilines is 1. The lowest BCUT2D eigenvalue weighted by Gasteiger charge is -2.19. The van der Waals surface area contributed by atoms with Crippen molar-refractivity contribution in [1.29, 1.82) is 0 Å². The highest BCUT2D eigenvalue weighted by Gasteiger charge is 2.24. The predicted octanol–water partition coefficient (Wildman–Crippen LogP) is 4.41. The molecule has 1 saturated heterocycles. The van der Waals surface area contributed by atoms with Gasteiger partial charge in [0.2, 0.25) is 15.9 Å². The fraction of sp³-hybridized carbons (Fsp3) is 0.222. The average Bonchev–Trinajstić information content (AvgIpc) is 3.51. The van der Waals surface area contributed by atoms with Gasteiger partial charge in [0.15, 0.2) is 0 Å². The van der Waals surface area contributed by atoms with Gasteiger partial charge in [0.1, 0.15) is 5.75 Å². The summed E-state index contributed by atoms with van der Waals surface area (Å²) in [4.78, 5) is 17.2. The number of carbonyl (C=O) groups excluding carboxylic acids is 1. The van der Waals surface area contributed by atoms with Gasteiger partial charge in [-0.3, -0.25) is 4.79 Å². The highest BCUT2D eigenvalue weighted by molar-refractivity contribution is 7.89. The van der Waals surface area contributed by atoms with Crippen molar-refractivity contribution >= 4 is 32.5 Å². The average molecular weight is 490 g/mol. The number of H-pyrrole nitrogens is 1. The third-order valence-corrected chi connectivity index (χ3v) is 7.96. The van der Waals surface area contributed by atoms with E-state index in [4.69, 9.17) is 4.74 Å². The second kappa shape index (κ2) is 9.56. The number of rotatable bonds is 8. The summed E-state index contributed by atoms with van der Waals surface area (Å²) in [6, 6.07) is 22.1. The number of sulfonamides is 1. The zero-order chi connectivity index (χ0) is 24.4. The molecule has 0 saturated carbocycles. The number of carbonyl (C=O) groups is 1. The smallest absolute Gasteiger partial charge is 0.240 e. The first-order valence-electron chi connectivity index (χ1n) is 11.6. The second-order valence-corrected chi connectivity index (χ2v) is 10.4. The first-order chi connectivity index (χ1) is 17.0. The van der Waals surface area contributed by atoms with Crippen molar-refractivity contribution < 1.29 is 17.9 Å². The van der Waals surface area contributed by atoms with Crippen molar-refractivity contribution in [2.45, 2.75) is 23.7 Å². The summed E-state index contributed by atoms with van der Waals surface area (Å²) in [5.41, 5.74) is 3.70. The number of nitrogens with one attached hydrogen (secondary N) is 2. The normalized spacial score (nSPS) is 15.0. The Bertz CT molecular complexity index is 1440. The molecule has 1 aromatic heterocycles. The molecule has 0 radical (unpaired) electrons. The molecule has 0 spiro atoms. The van der Waals surface area contributed by atoms with Gasteiger partial charge in [-0.1, -0.05) is 30.3 Å². The molecule has 0 aliphatic carbocycles. The van der Waals surface area contributed by atoms with E-state index in [9.17, 15) is 13.2 Å². The summed E-state index contributed by atoms with van der Waals surface area (Å²) >= 11 is 0. The predicted molar refractivity (Wildman–Crippen MR) is 136 cm³/mol. The van der Waals surface area contributed by atoms with Gasteiger partial charge in [-0.05, 0) is 60.0 Å². The molecular weight excluding hydrogens is 462 g/mol. The van der Waals surface area contributed by atoms with Gasteiger partial charge in [0.05, 0.1) is 12.0 Å². The minimum atomic E-state index is -3.76. The molecule has 2 N–H and O–H groups in total. The van der Waals surface area contributed by atoms with Crippen molar-refractivity contribution in [2.75, 3.05) is 25.1 Å². The van der Waals surface area contributed by atoms with E-state index < -0.39 is 10.0 Å². The van der Waals surface area contributed by atoms with Gasteiger partial charge in [0, 0.05) is 48.2 Å². The number of methoxy groups -OCH3 is 1. The Balaban J connectivity index is 1.41. The summed E-state index contributed by atoms with van der Waals surface area (Å²) < 4.78 is 34.5. The number of amides is 1. The quantitative estimate of drug-likeness (QED) is 0.383. The maximum atomic E-state index is 13.2. The molecular formula is C27H27N3O4S. The van der Waals surface area contributed by atoms with E-state index in [1.807, 2.05) is 54.7 Å². The van der Waals surface area contributed by atoms with Crippen molar-refractivity contribution in [3.05, 3.63) is 90.1 Å². The standard InChI is InChI=1S/C27H27N3O4S/c1-34-21-12-8-19(9-13-21)24(25-17-28-26-6-3-2-5-23(25)26)18-29-35(32,33)22-14-10-20(11-15-22)30-16-4-7-27(30)31/h2-3,5-6,8-15,17,24,28-29H,4,7,16,18H2,1H3. The monoisotopic (exact) mass is 489 g/mol. The van der Waals surface area contributed by atoms with Crippen LogP contribution in [-0.4, -0.2) is 39.5 Å². The number of hydrogen-bond donors (Lipinski definition) is 2. The Morgan fingerprint density at radius 1 is 1.03 bits per heavy atom. The minimum Gasteiger partial charge on any atom is -0.497 e. The van der Waals surface area contributed by atoms with Crippen molar-refractivity contribution in [3.8, 4) is 5.75 Å². The van der Waals surface area contributed by atoms with E-state index >= 15 is 0 Å². The van der Waals surface area contributed by atoms with E-state index in [-0.39, 0.29) is 23.3 Å². The lowest BCUT2D eigenvalue weighted by molar-refractivity contribution is -0.117. The van der Waals surface area contributed by atoms with E-state index in [1.165, 1.54) is 0 Å². The van der Waals surface area contributed by atoms with E-state index in [0.717, 1.165) is 39.9 Å². The third-order valence-electron chi connectivity index (χ3n) is 6.52. The maximum Gasteiger partial charge on any atom is 0.240 e. The summed E-state index contributed by atoms with van der Waals surface area (Å²) in [6.07, 6.45) is 3.29. The van der Waals surface area contributed by atoms with E-state index in [2.05, 4.69) is 9.71 Å². The van der Waals surface area contributed by atoms with Crippen LogP contribution in [0.2, 0.25) is 0 Å². The molecule has 2 heterocycles. The Kier molecular flexibility index (Phi) is 6.32. The SMILES string of the molecule is COc1ccc(C(CNS(=O)(=O)c2ccc(N3CCCC3=O)cc2)c2c[nH]c3ccccc23)cc1. The van der Waals surface area contributed by atoms with Crippen molar-refractivity contribution in [3.63, 3.8) is 0 Å². The number of aromatic amines is 1. The van der Waals surface area contributed by atoms with E-state index in [1.54, 1.807) is 36.3 Å². The number of para-hydroxylation sites is 1. The van der Waals surface area contributed by atoms with Crippen LogP contribution in [0.3, 0.4) is 0 Å². The molecule has 1 fully saturated rings. The van der Waals surface area contributed by atoms with Crippen LogP contribution >= 0.6 is 0 Å². The molecule has 35 heavy (non-hydrogen) atoms. The molecule has 1 aliphatic heterocycles. The molecule has 180 valence electrons. The van der Waals surface area contributed by atoms with Crippen LogP contribution in [-0.2, 0) is 14.8 Å². The molecule has 1 unspecified atom stereocenters. The molecule has 4 aromatic rings.